The monoisotopic (exact) mass is 510 g/mol. The van der Waals surface area contributed by atoms with E-state index in [1.165, 1.54) is 48.5 Å². The number of ether oxygens (including phenoxy) is 1. The molecule has 0 unspecified atom stereocenters. The smallest absolute Gasteiger partial charge is 0.428 e. The summed E-state index contributed by atoms with van der Waals surface area (Å²) in [5, 5.41) is 19.8. The minimum atomic E-state index is -4.67. The molecule has 0 amide bonds. The number of hydrogen-bond donors (Lipinski definition) is 1. The molecule has 4 rings (SSSR count). The zero-order valence-electron chi connectivity index (χ0n) is 18.5. The minimum Gasteiger partial charge on any atom is -0.428 e. The first-order valence-electron chi connectivity index (χ1n) is 10.4. The van der Waals surface area contributed by atoms with E-state index in [1.54, 1.807) is 0 Å². The van der Waals surface area contributed by atoms with Crippen LogP contribution in [-0.2, 0) is 12.1 Å². The molecule has 36 heavy (non-hydrogen) atoms. The number of aromatic nitrogens is 6. The lowest BCUT2D eigenvalue weighted by atomic mass is 9.87. The Kier molecular flexibility index (Phi) is 6.63. The normalized spacial score (nSPS) is 14.6. The standard InChI is InChI=1S/C22H19F5N6O3/c1-14(21(35,10-31-12-28-11-29-31)15-2-4-16(23)5-3-15)33-20(34)32(13-30-33)17-6-8-18(9-7-17)36-22(26,27)19(24)25/h2-9,11-14,19,35H,10H2,1H3/t14-,21-/m1/s1. The Hall–Kier alpha value is -4.07. The topological polar surface area (TPSA) is 100.0 Å². The molecule has 1 N–H and O–H groups in total. The Morgan fingerprint density at radius 3 is 2.28 bits per heavy atom. The van der Waals surface area contributed by atoms with E-state index in [2.05, 4.69) is 19.9 Å². The second kappa shape index (κ2) is 9.53. The predicted molar refractivity (Wildman–Crippen MR) is 114 cm³/mol. The van der Waals surface area contributed by atoms with E-state index in [0.717, 1.165) is 39.8 Å². The van der Waals surface area contributed by atoms with E-state index < -0.39 is 41.4 Å². The predicted octanol–water partition coefficient (Wildman–Crippen LogP) is 3.15. The third-order valence-electron chi connectivity index (χ3n) is 5.59. The summed E-state index contributed by atoms with van der Waals surface area (Å²) in [6.45, 7) is 1.38. The van der Waals surface area contributed by atoms with Gasteiger partial charge in [0.15, 0.2) is 0 Å². The van der Waals surface area contributed by atoms with Crippen LogP contribution < -0.4 is 10.4 Å². The molecule has 2 atom stereocenters. The van der Waals surface area contributed by atoms with Crippen LogP contribution in [0.25, 0.3) is 5.69 Å². The zero-order valence-corrected chi connectivity index (χ0v) is 18.5. The summed E-state index contributed by atoms with van der Waals surface area (Å²) < 4.78 is 71.9. The second-order valence-electron chi connectivity index (χ2n) is 7.89. The fourth-order valence-electron chi connectivity index (χ4n) is 3.60. The van der Waals surface area contributed by atoms with Crippen LogP contribution in [0.1, 0.15) is 18.5 Å². The maximum absolute atomic E-state index is 13.5. The lowest BCUT2D eigenvalue weighted by Gasteiger charge is -2.34. The van der Waals surface area contributed by atoms with Gasteiger partial charge in [-0.25, -0.2) is 28.1 Å². The summed E-state index contributed by atoms with van der Waals surface area (Å²) in [4.78, 5) is 17.0. The molecule has 190 valence electrons. The van der Waals surface area contributed by atoms with Crippen LogP contribution in [0.2, 0.25) is 0 Å². The van der Waals surface area contributed by atoms with Gasteiger partial charge in [-0.15, -0.1) is 0 Å². The van der Waals surface area contributed by atoms with Gasteiger partial charge in [-0.2, -0.15) is 27.8 Å². The van der Waals surface area contributed by atoms with Crippen molar-refractivity contribution in [3.05, 3.63) is 89.4 Å². The van der Waals surface area contributed by atoms with Crippen LogP contribution in [0.15, 0.2) is 72.3 Å². The molecule has 0 aliphatic rings. The van der Waals surface area contributed by atoms with Gasteiger partial charge in [0.1, 0.15) is 36.1 Å². The summed E-state index contributed by atoms with van der Waals surface area (Å²) in [6, 6.07) is 8.48. The van der Waals surface area contributed by atoms with E-state index >= 15 is 0 Å². The molecule has 0 radical (unpaired) electrons. The van der Waals surface area contributed by atoms with E-state index in [-0.39, 0.29) is 17.8 Å². The highest BCUT2D eigenvalue weighted by molar-refractivity contribution is 5.37. The van der Waals surface area contributed by atoms with Gasteiger partial charge in [0.2, 0.25) is 0 Å². The fraction of sp³-hybridized carbons (Fsp3) is 0.273. The van der Waals surface area contributed by atoms with Crippen molar-refractivity contribution in [2.24, 2.45) is 0 Å². The Morgan fingerprint density at radius 1 is 1.03 bits per heavy atom. The number of halogens is 5. The minimum absolute atomic E-state index is 0.149. The molecular weight excluding hydrogens is 491 g/mol. The van der Waals surface area contributed by atoms with Crippen molar-refractivity contribution in [1.29, 1.82) is 0 Å². The third-order valence-corrected chi connectivity index (χ3v) is 5.59. The molecule has 4 aromatic rings. The number of hydrogen-bond acceptors (Lipinski definition) is 6. The van der Waals surface area contributed by atoms with Crippen LogP contribution in [0.5, 0.6) is 5.75 Å². The summed E-state index contributed by atoms with van der Waals surface area (Å²) in [6.07, 6.45) is -4.92. The van der Waals surface area contributed by atoms with Gasteiger partial charge in [-0.1, -0.05) is 12.1 Å². The van der Waals surface area contributed by atoms with Crippen LogP contribution in [-0.4, -0.2) is 46.8 Å². The average molecular weight is 510 g/mol. The number of alkyl halides is 4. The molecule has 0 fully saturated rings. The van der Waals surface area contributed by atoms with Crippen molar-refractivity contribution in [2.45, 2.75) is 37.6 Å². The molecular formula is C22H19F5N6O3. The number of benzene rings is 2. The van der Waals surface area contributed by atoms with Gasteiger partial charge in [-0.05, 0) is 48.9 Å². The second-order valence-corrected chi connectivity index (χ2v) is 7.89. The number of nitrogens with zero attached hydrogens (tertiary/aromatic N) is 6. The van der Waals surface area contributed by atoms with Crippen molar-refractivity contribution in [3.8, 4) is 11.4 Å². The maximum Gasteiger partial charge on any atom is 0.461 e. The molecule has 0 saturated heterocycles. The van der Waals surface area contributed by atoms with E-state index in [1.807, 2.05) is 0 Å². The molecule has 0 aliphatic carbocycles. The summed E-state index contributed by atoms with van der Waals surface area (Å²) in [7, 11) is 0. The lowest BCUT2D eigenvalue weighted by molar-refractivity contribution is -0.253. The Bertz CT molecular complexity index is 1360. The quantitative estimate of drug-likeness (QED) is 0.348. The first-order chi connectivity index (χ1) is 17.0. The molecule has 2 heterocycles. The Labute approximate surface area is 200 Å². The van der Waals surface area contributed by atoms with Gasteiger partial charge in [-0.3, -0.25) is 0 Å². The van der Waals surface area contributed by atoms with Crippen LogP contribution in [0, 0.1) is 5.82 Å². The van der Waals surface area contributed by atoms with Crippen LogP contribution in [0.3, 0.4) is 0 Å². The summed E-state index contributed by atoms with van der Waals surface area (Å²) in [5.41, 5.74) is -2.03. The Morgan fingerprint density at radius 2 is 1.69 bits per heavy atom. The van der Waals surface area contributed by atoms with Crippen molar-refractivity contribution in [1.82, 2.24) is 29.1 Å². The average Bonchev–Trinajstić information content (AvgIpc) is 3.48. The summed E-state index contributed by atoms with van der Waals surface area (Å²) in [5.74, 6) is -1.05. The highest BCUT2D eigenvalue weighted by Crippen LogP contribution is 2.34. The molecule has 0 spiro atoms. The van der Waals surface area contributed by atoms with Crippen molar-refractivity contribution in [2.75, 3.05) is 0 Å². The Balaban J connectivity index is 1.66. The zero-order chi connectivity index (χ0) is 26.1. The van der Waals surface area contributed by atoms with Gasteiger partial charge in [0.05, 0.1) is 18.3 Å². The maximum atomic E-state index is 13.5. The van der Waals surface area contributed by atoms with Crippen molar-refractivity contribution >= 4 is 0 Å². The lowest BCUT2D eigenvalue weighted by Crippen LogP contribution is -2.43. The SMILES string of the molecule is C[C@@H](n1ncn(-c2ccc(OC(F)(F)C(F)F)cc2)c1=O)[C@](O)(Cn1cncn1)c1ccc(F)cc1. The van der Waals surface area contributed by atoms with Gasteiger partial charge in [0, 0.05) is 0 Å². The fourth-order valence-corrected chi connectivity index (χ4v) is 3.60. The van der Waals surface area contributed by atoms with Crippen molar-refractivity contribution < 1.29 is 31.8 Å². The largest absolute Gasteiger partial charge is 0.461 e. The first kappa shape index (κ1) is 25.0. The highest BCUT2D eigenvalue weighted by atomic mass is 19.3. The van der Waals surface area contributed by atoms with Crippen LogP contribution in [0.4, 0.5) is 22.0 Å². The molecule has 9 nitrogen and oxygen atoms in total. The first-order valence-corrected chi connectivity index (χ1v) is 10.4. The molecule has 0 saturated carbocycles. The van der Waals surface area contributed by atoms with E-state index in [9.17, 15) is 31.9 Å². The molecule has 2 aromatic heterocycles. The molecule has 14 heteroatoms. The van der Waals surface area contributed by atoms with Crippen LogP contribution >= 0.6 is 0 Å². The van der Waals surface area contributed by atoms with E-state index in [4.69, 9.17) is 0 Å². The van der Waals surface area contributed by atoms with Crippen molar-refractivity contribution in [3.63, 3.8) is 0 Å². The van der Waals surface area contributed by atoms with Gasteiger partial charge in [0.25, 0.3) is 0 Å². The van der Waals surface area contributed by atoms with E-state index in [0.29, 0.717) is 0 Å². The molecule has 2 aromatic carbocycles. The molecule has 0 bridgehead atoms. The molecule has 0 aliphatic heterocycles. The van der Waals surface area contributed by atoms with Gasteiger partial charge < -0.3 is 9.84 Å². The third kappa shape index (κ3) is 4.84. The number of aliphatic hydroxyl groups is 1. The summed E-state index contributed by atoms with van der Waals surface area (Å²) >= 11 is 0. The highest BCUT2D eigenvalue weighted by Gasteiger charge is 2.44. The van der Waals surface area contributed by atoms with Gasteiger partial charge >= 0.3 is 18.2 Å². The number of rotatable bonds is 9.